The first-order valence-electron chi connectivity index (χ1n) is 4.59. The van der Waals surface area contributed by atoms with E-state index in [4.69, 9.17) is 11.6 Å². The van der Waals surface area contributed by atoms with Crippen molar-refractivity contribution in [3.05, 3.63) is 40.7 Å². The standard InChI is InChI=1S/C12H14ClF/c1-8(10(3)13)6-11-4-5-12(14)7-9(11)2/h4-7,10H,1-3H3/b8-6+. The first-order valence-corrected chi connectivity index (χ1v) is 5.03. The third-order valence-electron chi connectivity index (χ3n) is 2.24. The van der Waals surface area contributed by atoms with Crippen LogP contribution < -0.4 is 0 Å². The van der Waals surface area contributed by atoms with E-state index in [0.717, 1.165) is 16.7 Å². The molecule has 1 aromatic rings. The fourth-order valence-corrected chi connectivity index (χ4v) is 1.22. The topological polar surface area (TPSA) is 0 Å². The molecule has 0 fully saturated rings. The van der Waals surface area contributed by atoms with Gasteiger partial charge in [-0.2, -0.15) is 0 Å². The zero-order chi connectivity index (χ0) is 10.7. The Morgan fingerprint density at radius 3 is 2.64 bits per heavy atom. The van der Waals surface area contributed by atoms with Gasteiger partial charge in [0.2, 0.25) is 0 Å². The van der Waals surface area contributed by atoms with Crippen LogP contribution in [0.25, 0.3) is 6.08 Å². The minimum Gasteiger partial charge on any atom is -0.207 e. The summed E-state index contributed by atoms with van der Waals surface area (Å²) in [5.41, 5.74) is 3.04. The van der Waals surface area contributed by atoms with Crippen molar-refractivity contribution in [1.82, 2.24) is 0 Å². The SMILES string of the molecule is C/C(=C\c1ccc(F)cc1C)C(C)Cl. The van der Waals surface area contributed by atoms with Gasteiger partial charge in [-0.15, -0.1) is 11.6 Å². The number of allylic oxidation sites excluding steroid dienone is 1. The molecule has 0 N–H and O–H groups in total. The van der Waals surface area contributed by atoms with Gasteiger partial charge in [-0.1, -0.05) is 17.7 Å². The van der Waals surface area contributed by atoms with Crippen LogP contribution in [0.5, 0.6) is 0 Å². The Labute approximate surface area is 89.4 Å². The lowest BCUT2D eigenvalue weighted by Gasteiger charge is -2.05. The van der Waals surface area contributed by atoms with Crippen molar-refractivity contribution in [1.29, 1.82) is 0 Å². The van der Waals surface area contributed by atoms with Gasteiger partial charge in [0, 0.05) is 0 Å². The molecule has 0 saturated heterocycles. The highest BCUT2D eigenvalue weighted by atomic mass is 35.5. The summed E-state index contributed by atoms with van der Waals surface area (Å²) >= 11 is 5.92. The van der Waals surface area contributed by atoms with Crippen LogP contribution in [0.4, 0.5) is 4.39 Å². The molecule has 0 aliphatic carbocycles. The van der Waals surface area contributed by atoms with E-state index in [1.807, 2.05) is 26.8 Å². The average Bonchev–Trinajstić information content (AvgIpc) is 2.09. The van der Waals surface area contributed by atoms with Crippen molar-refractivity contribution in [2.45, 2.75) is 26.1 Å². The van der Waals surface area contributed by atoms with Gasteiger partial charge in [-0.25, -0.2) is 4.39 Å². The Morgan fingerprint density at radius 1 is 1.50 bits per heavy atom. The fourth-order valence-electron chi connectivity index (χ4n) is 1.16. The molecule has 1 atom stereocenters. The maximum atomic E-state index is 12.8. The van der Waals surface area contributed by atoms with Crippen LogP contribution in [0.2, 0.25) is 0 Å². The van der Waals surface area contributed by atoms with E-state index in [2.05, 4.69) is 0 Å². The molecule has 0 saturated carbocycles. The molecule has 1 unspecified atom stereocenters. The zero-order valence-electron chi connectivity index (χ0n) is 8.64. The van der Waals surface area contributed by atoms with Gasteiger partial charge in [-0.05, 0) is 44.0 Å². The first kappa shape index (κ1) is 11.3. The van der Waals surface area contributed by atoms with E-state index >= 15 is 0 Å². The lowest BCUT2D eigenvalue weighted by atomic mass is 10.1. The largest absolute Gasteiger partial charge is 0.207 e. The van der Waals surface area contributed by atoms with Crippen molar-refractivity contribution >= 4 is 17.7 Å². The Bertz CT molecular complexity index is 353. The minimum atomic E-state index is -0.198. The predicted molar refractivity (Wildman–Crippen MR) is 60.1 cm³/mol. The highest BCUT2D eigenvalue weighted by molar-refractivity contribution is 6.22. The van der Waals surface area contributed by atoms with E-state index in [-0.39, 0.29) is 11.2 Å². The summed E-state index contributed by atoms with van der Waals surface area (Å²) in [5, 5.41) is 0.0134. The van der Waals surface area contributed by atoms with Crippen LogP contribution in [0.15, 0.2) is 23.8 Å². The van der Waals surface area contributed by atoms with Gasteiger partial charge >= 0.3 is 0 Å². The van der Waals surface area contributed by atoms with Gasteiger partial charge in [0.1, 0.15) is 5.82 Å². The summed E-state index contributed by atoms with van der Waals surface area (Å²) in [5.74, 6) is -0.198. The minimum absolute atomic E-state index is 0.0134. The highest BCUT2D eigenvalue weighted by Gasteiger charge is 2.01. The number of benzene rings is 1. The normalized spacial score (nSPS) is 14.2. The third kappa shape index (κ3) is 2.85. The number of alkyl halides is 1. The van der Waals surface area contributed by atoms with E-state index in [0.29, 0.717) is 0 Å². The summed E-state index contributed by atoms with van der Waals surface area (Å²) in [4.78, 5) is 0. The second-order valence-electron chi connectivity index (χ2n) is 3.51. The molecule has 0 bridgehead atoms. The van der Waals surface area contributed by atoms with E-state index in [9.17, 15) is 4.39 Å². The van der Waals surface area contributed by atoms with Crippen LogP contribution >= 0.6 is 11.6 Å². The molecule has 1 aromatic carbocycles. The zero-order valence-corrected chi connectivity index (χ0v) is 9.40. The summed E-state index contributed by atoms with van der Waals surface area (Å²) in [6.45, 7) is 5.79. The first-order chi connectivity index (χ1) is 6.50. The van der Waals surface area contributed by atoms with Gasteiger partial charge in [0.15, 0.2) is 0 Å². The molecular weight excluding hydrogens is 199 g/mol. The summed E-state index contributed by atoms with van der Waals surface area (Å²) < 4.78 is 12.8. The maximum Gasteiger partial charge on any atom is 0.123 e. The molecule has 0 radical (unpaired) electrons. The smallest absolute Gasteiger partial charge is 0.123 e. The average molecular weight is 213 g/mol. The molecule has 0 aromatic heterocycles. The van der Waals surface area contributed by atoms with Crippen molar-refractivity contribution < 1.29 is 4.39 Å². The molecule has 0 nitrogen and oxygen atoms in total. The molecule has 0 aliphatic heterocycles. The number of hydrogen-bond acceptors (Lipinski definition) is 0. The Balaban J connectivity index is 3.03. The third-order valence-corrected chi connectivity index (χ3v) is 2.59. The molecule has 0 heterocycles. The molecule has 0 amide bonds. The van der Waals surface area contributed by atoms with Crippen molar-refractivity contribution in [3.63, 3.8) is 0 Å². The maximum absolute atomic E-state index is 12.8. The molecule has 0 aliphatic rings. The quantitative estimate of drug-likeness (QED) is 0.646. The van der Waals surface area contributed by atoms with E-state index < -0.39 is 0 Å². The molecule has 14 heavy (non-hydrogen) atoms. The lowest BCUT2D eigenvalue weighted by molar-refractivity contribution is 0.626. The second kappa shape index (κ2) is 4.61. The summed E-state index contributed by atoms with van der Waals surface area (Å²) in [6.07, 6.45) is 1.99. The number of aryl methyl sites for hydroxylation is 1. The lowest BCUT2D eigenvalue weighted by Crippen LogP contribution is -1.93. The Morgan fingerprint density at radius 2 is 2.14 bits per heavy atom. The van der Waals surface area contributed by atoms with Crippen LogP contribution in [0.1, 0.15) is 25.0 Å². The Kier molecular flexibility index (Phi) is 3.70. The molecule has 0 spiro atoms. The predicted octanol–water partition coefficient (Wildman–Crippen LogP) is 4.16. The van der Waals surface area contributed by atoms with Crippen molar-refractivity contribution in [3.8, 4) is 0 Å². The van der Waals surface area contributed by atoms with Crippen molar-refractivity contribution in [2.75, 3.05) is 0 Å². The van der Waals surface area contributed by atoms with Gasteiger partial charge < -0.3 is 0 Å². The monoisotopic (exact) mass is 212 g/mol. The number of halogens is 2. The van der Waals surface area contributed by atoms with Crippen LogP contribution in [-0.2, 0) is 0 Å². The molecule has 2 heteroatoms. The van der Waals surface area contributed by atoms with Crippen LogP contribution in [-0.4, -0.2) is 5.38 Å². The van der Waals surface area contributed by atoms with Gasteiger partial charge in [0.25, 0.3) is 0 Å². The number of hydrogen-bond donors (Lipinski definition) is 0. The van der Waals surface area contributed by atoms with E-state index in [1.54, 1.807) is 6.07 Å². The summed E-state index contributed by atoms with van der Waals surface area (Å²) in [6, 6.07) is 4.76. The van der Waals surface area contributed by atoms with Crippen LogP contribution in [0, 0.1) is 12.7 Å². The summed E-state index contributed by atoms with van der Waals surface area (Å²) in [7, 11) is 0. The number of rotatable bonds is 2. The van der Waals surface area contributed by atoms with Crippen molar-refractivity contribution in [2.24, 2.45) is 0 Å². The Hall–Kier alpha value is -0.820. The van der Waals surface area contributed by atoms with Crippen LogP contribution in [0.3, 0.4) is 0 Å². The second-order valence-corrected chi connectivity index (χ2v) is 4.16. The molecular formula is C12H14ClF. The van der Waals surface area contributed by atoms with Gasteiger partial charge in [-0.3, -0.25) is 0 Å². The highest BCUT2D eigenvalue weighted by Crippen LogP contribution is 2.17. The fraction of sp³-hybridized carbons (Fsp3) is 0.333. The van der Waals surface area contributed by atoms with E-state index in [1.165, 1.54) is 12.1 Å². The van der Waals surface area contributed by atoms with Gasteiger partial charge in [0.05, 0.1) is 5.38 Å². The molecule has 76 valence electrons. The molecule has 1 rings (SSSR count).